The lowest BCUT2D eigenvalue weighted by molar-refractivity contribution is 0.205. The first-order chi connectivity index (χ1) is 18.4. The number of halogens is 1. The van der Waals surface area contributed by atoms with Crippen molar-refractivity contribution >= 4 is 51.4 Å². The van der Waals surface area contributed by atoms with E-state index in [0.29, 0.717) is 16.8 Å². The summed E-state index contributed by atoms with van der Waals surface area (Å²) in [5.41, 5.74) is 14.6. The summed E-state index contributed by atoms with van der Waals surface area (Å²) in [6, 6.07) is 17.9. The lowest BCUT2D eigenvalue weighted by Gasteiger charge is -2.20. The normalized spacial score (nSPS) is 13.7. The standard InChI is InChI=1S/C27H25ClN6.CH3NO2/c28-21-15-18-11-12-23(31-19-9-5-2-6-10-19)32-22(18)16-20(21)24-25-26(29)30-13-14-34(25)27(33-24)17-7-3-1-4-8-17;2-1(3)4/h2,5-6,9-17H,1,3-4,7-8H2,(H2,29,30)(H,31,32);2H2,(H,3,4). The molecule has 0 saturated heterocycles. The molecule has 0 bridgehead atoms. The average Bonchev–Trinajstić information content (AvgIpc) is 3.30. The molecule has 2 aromatic carbocycles. The van der Waals surface area contributed by atoms with Crippen molar-refractivity contribution in [3.63, 3.8) is 0 Å². The first-order valence-electron chi connectivity index (χ1n) is 12.4. The number of primary amides is 1. The van der Waals surface area contributed by atoms with Gasteiger partial charge in [-0.25, -0.2) is 19.7 Å². The Morgan fingerprint density at radius 3 is 2.53 bits per heavy atom. The summed E-state index contributed by atoms with van der Waals surface area (Å²) in [6.07, 6.45) is 8.40. The summed E-state index contributed by atoms with van der Waals surface area (Å²) in [5.74, 6) is 2.68. The van der Waals surface area contributed by atoms with E-state index in [9.17, 15) is 0 Å². The molecule has 1 saturated carbocycles. The Morgan fingerprint density at radius 1 is 1.05 bits per heavy atom. The number of carboxylic acid groups (broad SMARTS) is 1. The summed E-state index contributed by atoms with van der Waals surface area (Å²) in [4.78, 5) is 23.1. The van der Waals surface area contributed by atoms with Gasteiger partial charge in [-0.05, 0) is 49.2 Å². The van der Waals surface area contributed by atoms with E-state index in [1.807, 2.05) is 60.8 Å². The zero-order valence-electron chi connectivity index (χ0n) is 20.6. The van der Waals surface area contributed by atoms with Crippen molar-refractivity contribution < 1.29 is 9.90 Å². The fourth-order valence-electron chi connectivity index (χ4n) is 4.99. The van der Waals surface area contributed by atoms with Crippen LogP contribution in [0.5, 0.6) is 0 Å². The molecule has 0 aliphatic heterocycles. The summed E-state index contributed by atoms with van der Waals surface area (Å²) < 4.78 is 2.11. The van der Waals surface area contributed by atoms with E-state index in [4.69, 9.17) is 37.2 Å². The van der Waals surface area contributed by atoms with Crippen molar-refractivity contribution in [3.8, 4) is 11.3 Å². The van der Waals surface area contributed by atoms with E-state index in [0.717, 1.165) is 57.8 Å². The second-order valence-corrected chi connectivity index (χ2v) is 9.64. The number of aromatic nitrogens is 4. The van der Waals surface area contributed by atoms with Crippen LogP contribution in [0, 0.1) is 0 Å². The van der Waals surface area contributed by atoms with Crippen LogP contribution in [0.25, 0.3) is 27.7 Å². The van der Waals surface area contributed by atoms with Gasteiger partial charge < -0.3 is 21.9 Å². The van der Waals surface area contributed by atoms with Gasteiger partial charge in [0.1, 0.15) is 28.7 Å². The predicted octanol–water partition coefficient (Wildman–Crippen LogP) is 6.59. The summed E-state index contributed by atoms with van der Waals surface area (Å²) in [6.45, 7) is 0. The molecule has 6 rings (SSSR count). The molecule has 1 aliphatic rings. The molecule has 1 amide bonds. The van der Waals surface area contributed by atoms with Crippen LogP contribution in [-0.2, 0) is 0 Å². The third-order valence-electron chi connectivity index (χ3n) is 6.66. The second kappa shape index (κ2) is 10.9. The number of amides is 1. The molecule has 0 atom stereocenters. The van der Waals surface area contributed by atoms with Crippen LogP contribution in [0.2, 0.25) is 5.02 Å². The number of hydrogen-bond donors (Lipinski definition) is 4. The number of nitrogens with two attached hydrogens (primary N) is 2. The van der Waals surface area contributed by atoms with Gasteiger partial charge in [-0.3, -0.25) is 4.40 Å². The Balaban J connectivity index is 0.000000689. The van der Waals surface area contributed by atoms with Gasteiger partial charge in [0.2, 0.25) is 0 Å². The number of nitrogens with zero attached hydrogens (tertiary/aromatic N) is 4. The molecular weight excluding hydrogens is 502 g/mol. The van der Waals surface area contributed by atoms with Gasteiger partial charge in [-0.1, -0.05) is 49.1 Å². The Hall–Kier alpha value is -4.37. The number of rotatable bonds is 4. The number of hydrogen-bond acceptors (Lipinski definition) is 6. The molecule has 3 aromatic heterocycles. The molecule has 194 valence electrons. The average molecular weight is 530 g/mol. The molecule has 1 aliphatic carbocycles. The zero-order valence-corrected chi connectivity index (χ0v) is 21.4. The quantitative estimate of drug-likeness (QED) is 0.205. The van der Waals surface area contributed by atoms with E-state index in [1.54, 1.807) is 6.20 Å². The number of carbonyl (C=O) groups is 1. The van der Waals surface area contributed by atoms with E-state index in [-0.39, 0.29) is 0 Å². The molecule has 38 heavy (non-hydrogen) atoms. The lowest BCUT2D eigenvalue weighted by Crippen LogP contribution is -2.09. The number of pyridine rings is 1. The fraction of sp³-hybridized carbons (Fsp3) is 0.214. The molecule has 5 aromatic rings. The van der Waals surface area contributed by atoms with Crippen LogP contribution >= 0.6 is 11.6 Å². The van der Waals surface area contributed by atoms with Crippen LogP contribution < -0.4 is 16.8 Å². The highest BCUT2D eigenvalue weighted by Crippen LogP contribution is 2.39. The minimum Gasteiger partial charge on any atom is -0.465 e. The maximum Gasteiger partial charge on any atom is 0.402 e. The van der Waals surface area contributed by atoms with Gasteiger partial charge in [-0.2, -0.15) is 0 Å². The molecule has 0 radical (unpaired) electrons. The van der Waals surface area contributed by atoms with Crippen LogP contribution in [0.1, 0.15) is 43.8 Å². The minimum absolute atomic E-state index is 0.413. The van der Waals surface area contributed by atoms with Crippen molar-refractivity contribution in [3.05, 3.63) is 77.8 Å². The maximum absolute atomic E-state index is 8.78. The Kier molecular flexibility index (Phi) is 7.28. The van der Waals surface area contributed by atoms with Crippen molar-refractivity contribution in [2.45, 2.75) is 38.0 Å². The van der Waals surface area contributed by atoms with E-state index in [1.165, 1.54) is 19.3 Å². The first-order valence-corrected chi connectivity index (χ1v) is 12.8. The third-order valence-corrected chi connectivity index (χ3v) is 6.97. The van der Waals surface area contributed by atoms with Crippen LogP contribution in [0.15, 0.2) is 67.0 Å². The Morgan fingerprint density at radius 2 is 1.79 bits per heavy atom. The third kappa shape index (κ3) is 5.33. The molecule has 0 spiro atoms. The van der Waals surface area contributed by atoms with Gasteiger partial charge in [0, 0.05) is 34.9 Å². The zero-order chi connectivity index (χ0) is 26.6. The predicted molar refractivity (Wildman–Crippen MR) is 151 cm³/mol. The molecular formula is C28H28ClN7O2. The van der Waals surface area contributed by atoms with Crippen LogP contribution in [-0.4, -0.2) is 30.6 Å². The van der Waals surface area contributed by atoms with Crippen molar-refractivity contribution in [1.29, 1.82) is 0 Å². The number of para-hydroxylation sites is 1. The lowest BCUT2D eigenvalue weighted by atomic mass is 9.89. The number of anilines is 3. The van der Waals surface area contributed by atoms with E-state index < -0.39 is 6.09 Å². The van der Waals surface area contributed by atoms with Crippen LogP contribution in [0.4, 0.5) is 22.1 Å². The Bertz CT molecular complexity index is 1590. The highest BCUT2D eigenvalue weighted by Gasteiger charge is 2.25. The molecule has 0 unspecified atom stereocenters. The highest BCUT2D eigenvalue weighted by atomic mass is 35.5. The molecule has 9 nitrogen and oxygen atoms in total. The van der Waals surface area contributed by atoms with Gasteiger partial charge >= 0.3 is 6.09 Å². The van der Waals surface area contributed by atoms with Crippen molar-refractivity contribution in [1.82, 2.24) is 19.4 Å². The monoisotopic (exact) mass is 529 g/mol. The van der Waals surface area contributed by atoms with Gasteiger partial charge in [0.15, 0.2) is 0 Å². The molecule has 6 N–H and O–H groups in total. The first kappa shape index (κ1) is 25.3. The fourth-order valence-corrected chi connectivity index (χ4v) is 5.25. The summed E-state index contributed by atoms with van der Waals surface area (Å²) >= 11 is 6.80. The highest BCUT2D eigenvalue weighted by molar-refractivity contribution is 6.34. The van der Waals surface area contributed by atoms with E-state index in [2.05, 4.69) is 20.4 Å². The molecule has 3 heterocycles. The number of benzene rings is 2. The van der Waals surface area contributed by atoms with E-state index >= 15 is 0 Å². The van der Waals surface area contributed by atoms with Crippen molar-refractivity contribution in [2.24, 2.45) is 5.73 Å². The number of imidazole rings is 1. The SMILES string of the molecule is NC(=O)O.Nc1nccn2c(C3CCCCC3)nc(-c3cc4nc(Nc5ccccc5)ccc4cc3Cl)c12. The number of fused-ring (bicyclic) bond motifs is 2. The maximum atomic E-state index is 8.78. The molecule has 10 heteroatoms. The second-order valence-electron chi connectivity index (χ2n) is 9.24. The van der Waals surface area contributed by atoms with Gasteiger partial charge in [0.05, 0.1) is 10.5 Å². The minimum atomic E-state index is -1.33. The smallest absolute Gasteiger partial charge is 0.402 e. The summed E-state index contributed by atoms with van der Waals surface area (Å²) in [5, 5.41) is 12.1. The number of nitrogen functional groups attached to an aromatic ring is 1. The van der Waals surface area contributed by atoms with Gasteiger partial charge in [0.25, 0.3) is 0 Å². The Labute approximate surface area is 224 Å². The number of nitrogens with one attached hydrogen (secondary N) is 1. The topological polar surface area (TPSA) is 144 Å². The van der Waals surface area contributed by atoms with Crippen LogP contribution in [0.3, 0.4) is 0 Å². The molecule has 1 fully saturated rings. The van der Waals surface area contributed by atoms with Crippen molar-refractivity contribution in [2.75, 3.05) is 11.1 Å². The summed E-state index contributed by atoms with van der Waals surface area (Å²) in [7, 11) is 0. The van der Waals surface area contributed by atoms with Gasteiger partial charge in [-0.15, -0.1) is 0 Å². The largest absolute Gasteiger partial charge is 0.465 e.